The third-order valence-electron chi connectivity index (χ3n) is 5.57. The van der Waals surface area contributed by atoms with Crippen LogP contribution < -0.4 is 10.9 Å². The number of rotatable bonds is 7. The van der Waals surface area contributed by atoms with Crippen LogP contribution in [-0.2, 0) is 14.8 Å². The molecule has 3 heterocycles. The summed E-state index contributed by atoms with van der Waals surface area (Å²) in [5.74, 6) is -0.0651. The zero-order chi connectivity index (χ0) is 23.6. The van der Waals surface area contributed by atoms with Gasteiger partial charge in [-0.05, 0) is 42.0 Å². The maximum absolute atomic E-state index is 13.3. The molecule has 176 valence electrons. The Labute approximate surface area is 196 Å². The van der Waals surface area contributed by atoms with Crippen LogP contribution in [0.15, 0.2) is 51.5 Å². The number of amides is 1. The Morgan fingerprint density at radius 1 is 1.21 bits per heavy atom. The number of fused-ring (bicyclic) bond motifs is 1. The Hall–Kier alpha value is -2.53. The van der Waals surface area contributed by atoms with Gasteiger partial charge in [-0.1, -0.05) is 19.9 Å². The highest BCUT2D eigenvalue weighted by Crippen LogP contribution is 2.27. The second-order valence-corrected chi connectivity index (χ2v) is 11.4. The highest BCUT2D eigenvalue weighted by molar-refractivity contribution is 7.89. The minimum absolute atomic E-state index is 0.0787. The van der Waals surface area contributed by atoms with Crippen molar-refractivity contribution in [3.8, 4) is 0 Å². The molecule has 1 aromatic carbocycles. The average Bonchev–Trinajstić information content (AvgIpc) is 3.33. The van der Waals surface area contributed by atoms with Crippen LogP contribution in [0.5, 0.6) is 0 Å². The maximum atomic E-state index is 13.3. The Balaban J connectivity index is 1.72. The van der Waals surface area contributed by atoms with Gasteiger partial charge in [0.15, 0.2) is 0 Å². The molecule has 8 nitrogen and oxygen atoms in total. The molecule has 10 heteroatoms. The molecule has 1 unspecified atom stereocenters. The molecule has 1 saturated heterocycles. The van der Waals surface area contributed by atoms with Crippen LogP contribution in [0.4, 0.5) is 0 Å². The number of H-pyrrole nitrogens is 1. The summed E-state index contributed by atoms with van der Waals surface area (Å²) in [5, 5.41) is 5.39. The van der Waals surface area contributed by atoms with E-state index in [1.165, 1.54) is 28.6 Å². The van der Waals surface area contributed by atoms with E-state index in [4.69, 9.17) is 4.74 Å². The van der Waals surface area contributed by atoms with E-state index < -0.39 is 21.5 Å². The van der Waals surface area contributed by atoms with Gasteiger partial charge in [0.25, 0.3) is 5.91 Å². The quantitative estimate of drug-likeness (QED) is 0.530. The molecule has 1 atom stereocenters. The molecule has 1 aliphatic heterocycles. The van der Waals surface area contributed by atoms with Gasteiger partial charge < -0.3 is 15.0 Å². The van der Waals surface area contributed by atoms with Gasteiger partial charge in [0.1, 0.15) is 0 Å². The largest absolute Gasteiger partial charge is 0.379 e. The van der Waals surface area contributed by atoms with Gasteiger partial charge in [-0.25, -0.2) is 8.42 Å². The van der Waals surface area contributed by atoms with Gasteiger partial charge in [-0.2, -0.15) is 4.31 Å². The lowest BCUT2D eigenvalue weighted by Crippen LogP contribution is -2.40. The number of thiophene rings is 1. The molecule has 0 radical (unpaired) electrons. The summed E-state index contributed by atoms with van der Waals surface area (Å²) in [6, 6.07) is 9.39. The lowest BCUT2D eigenvalue weighted by molar-refractivity contribution is 0.0730. The van der Waals surface area contributed by atoms with E-state index >= 15 is 0 Å². The number of aromatic nitrogens is 1. The topological polar surface area (TPSA) is 109 Å². The maximum Gasteiger partial charge on any atom is 0.252 e. The lowest BCUT2D eigenvalue weighted by Gasteiger charge is -2.26. The molecule has 0 saturated carbocycles. The van der Waals surface area contributed by atoms with E-state index in [1.54, 1.807) is 11.3 Å². The van der Waals surface area contributed by atoms with Crippen LogP contribution in [0.3, 0.4) is 0 Å². The number of carbonyl (C=O) groups is 1. The number of aromatic amines is 1. The van der Waals surface area contributed by atoms with Crippen molar-refractivity contribution in [3.63, 3.8) is 0 Å². The van der Waals surface area contributed by atoms with Gasteiger partial charge in [0.05, 0.1) is 29.7 Å². The summed E-state index contributed by atoms with van der Waals surface area (Å²) < 4.78 is 32.9. The molecule has 1 fully saturated rings. The molecular weight excluding hydrogens is 462 g/mol. The summed E-state index contributed by atoms with van der Waals surface area (Å²) in [6.45, 7) is 5.39. The lowest BCUT2D eigenvalue weighted by atomic mass is 10.0. The number of nitrogens with zero attached hydrogens (tertiary/aromatic N) is 1. The molecule has 0 spiro atoms. The van der Waals surface area contributed by atoms with Gasteiger partial charge >= 0.3 is 0 Å². The zero-order valence-electron chi connectivity index (χ0n) is 18.5. The second kappa shape index (κ2) is 9.76. The third-order valence-corrected chi connectivity index (χ3v) is 8.45. The molecule has 3 aromatic rings. The fraction of sp³-hybridized carbons (Fsp3) is 0.391. The van der Waals surface area contributed by atoms with Crippen molar-refractivity contribution in [2.75, 3.05) is 26.3 Å². The minimum atomic E-state index is -3.75. The van der Waals surface area contributed by atoms with E-state index in [9.17, 15) is 18.0 Å². The molecule has 2 aromatic heterocycles. The normalized spacial score (nSPS) is 16.2. The first-order valence-electron chi connectivity index (χ1n) is 10.8. The molecule has 2 N–H and O–H groups in total. The van der Waals surface area contributed by atoms with Crippen LogP contribution >= 0.6 is 11.3 Å². The van der Waals surface area contributed by atoms with Crippen molar-refractivity contribution in [2.45, 2.75) is 31.2 Å². The van der Waals surface area contributed by atoms with Crippen molar-refractivity contribution < 1.29 is 17.9 Å². The first kappa shape index (κ1) is 23.6. The van der Waals surface area contributed by atoms with Gasteiger partial charge in [-0.15, -0.1) is 11.3 Å². The molecule has 33 heavy (non-hydrogen) atoms. The summed E-state index contributed by atoms with van der Waals surface area (Å²) in [4.78, 5) is 29.4. The predicted molar refractivity (Wildman–Crippen MR) is 128 cm³/mol. The van der Waals surface area contributed by atoms with Crippen molar-refractivity contribution in [1.82, 2.24) is 14.6 Å². The van der Waals surface area contributed by atoms with Crippen LogP contribution in [0.2, 0.25) is 0 Å². The number of ether oxygens (including phenoxy) is 1. The predicted octanol–water partition coefficient (Wildman–Crippen LogP) is 3.13. The van der Waals surface area contributed by atoms with Crippen molar-refractivity contribution in [2.24, 2.45) is 5.92 Å². The number of morpholine rings is 1. The number of hydrogen-bond acceptors (Lipinski definition) is 6. The van der Waals surface area contributed by atoms with E-state index in [1.807, 2.05) is 17.5 Å². The first-order chi connectivity index (χ1) is 15.8. The van der Waals surface area contributed by atoms with Crippen LogP contribution in [0, 0.1) is 5.92 Å². The number of sulfonamides is 1. The molecule has 0 aliphatic carbocycles. The van der Waals surface area contributed by atoms with Gasteiger partial charge in [0.2, 0.25) is 15.6 Å². The van der Waals surface area contributed by atoms with Gasteiger partial charge in [-0.3, -0.25) is 9.59 Å². The molecule has 4 rings (SSSR count). The number of hydrogen-bond donors (Lipinski definition) is 2. The first-order valence-corrected chi connectivity index (χ1v) is 13.2. The molecule has 1 amide bonds. The summed E-state index contributed by atoms with van der Waals surface area (Å²) >= 11 is 1.56. The van der Waals surface area contributed by atoms with Crippen LogP contribution in [0.25, 0.3) is 10.9 Å². The number of benzene rings is 1. The van der Waals surface area contributed by atoms with E-state index in [2.05, 4.69) is 24.1 Å². The summed E-state index contributed by atoms with van der Waals surface area (Å²) in [6.07, 6.45) is 0.740. The average molecular weight is 490 g/mol. The second-order valence-electron chi connectivity index (χ2n) is 8.44. The summed E-state index contributed by atoms with van der Waals surface area (Å²) in [7, 11) is -3.75. The van der Waals surface area contributed by atoms with Gasteiger partial charge in [0, 0.05) is 34.9 Å². The van der Waals surface area contributed by atoms with Crippen LogP contribution in [-0.4, -0.2) is 49.9 Å². The van der Waals surface area contributed by atoms with E-state index in [-0.39, 0.29) is 29.6 Å². The fourth-order valence-corrected chi connectivity index (χ4v) is 6.19. The molecule has 0 bridgehead atoms. The summed E-state index contributed by atoms with van der Waals surface area (Å²) in [5.41, 5.74) is 0.135. The minimum Gasteiger partial charge on any atom is -0.379 e. The molecular formula is C23H27N3O5S2. The van der Waals surface area contributed by atoms with E-state index in [0.717, 1.165) is 11.3 Å². The zero-order valence-corrected chi connectivity index (χ0v) is 20.2. The number of pyridine rings is 1. The number of carbonyl (C=O) groups excluding carboxylic acids is 1. The standard InChI is InChI=1S/C23H27N3O5S2/c1-15(2)12-20(21-4-3-11-32-21)25-23(28)18-14-22(27)24-19-6-5-16(13-17(18)19)33(29,30)26-7-9-31-10-8-26/h3-6,11,13-15,20H,7-10,12H2,1-2H3,(H,24,27)(H,25,28). The molecule has 1 aliphatic rings. The van der Waals surface area contributed by atoms with Crippen molar-refractivity contribution in [1.29, 1.82) is 0 Å². The Bertz CT molecular complexity index is 1290. The highest BCUT2D eigenvalue weighted by atomic mass is 32.2. The Kier molecular flexibility index (Phi) is 6.99. The highest BCUT2D eigenvalue weighted by Gasteiger charge is 2.27. The van der Waals surface area contributed by atoms with E-state index in [0.29, 0.717) is 30.0 Å². The van der Waals surface area contributed by atoms with Crippen molar-refractivity contribution in [3.05, 3.63) is 62.6 Å². The Morgan fingerprint density at radius 2 is 1.97 bits per heavy atom. The smallest absolute Gasteiger partial charge is 0.252 e. The Morgan fingerprint density at radius 3 is 2.64 bits per heavy atom. The fourth-order valence-electron chi connectivity index (χ4n) is 3.96. The SMILES string of the molecule is CC(C)CC(NC(=O)c1cc(=O)[nH]c2ccc(S(=O)(=O)N3CCOCC3)cc12)c1cccs1. The number of nitrogens with one attached hydrogen (secondary N) is 2. The third kappa shape index (κ3) is 5.19. The monoisotopic (exact) mass is 489 g/mol. The van der Waals surface area contributed by atoms with Crippen molar-refractivity contribution >= 4 is 38.2 Å². The van der Waals surface area contributed by atoms with Crippen LogP contribution in [0.1, 0.15) is 41.5 Å².